The number of rotatable bonds is 2. The SMILES string of the molecule is COc1ccc2c(c1)CCC1=C2CC2=C1CCc1cc(CO)ccc12. The number of fused-ring (bicyclic) bond motifs is 5. The molecule has 2 heteroatoms. The first-order valence-corrected chi connectivity index (χ1v) is 9.13. The molecule has 0 atom stereocenters. The summed E-state index contributed by atoms with van der Waals surface area (Å²) in [5.41, 5.74) is 12.9. The molecule has 3 aliphatic rings. The van der Waals surface area contributed by atoms with E-state index in [0.29, 0.717) is 0 Å². The van der Waals surface area contributed by atoms with Crippen molar-refractivity contribution < 1.29 is 9.84 Å². The summed E-state index contributed by atoms with van der Waals surface area (Å²) in [5, 5.41) is 9.42. The van der Waals surface area contributed by atoms with Gasteiger partial charge in [-0.05, 0) is 94.3 Å². The molecule has 0 aliphatic heterocycles. The summed E-state index contributed by atoms with van der Waals surface area (Å²) >= 11 is 0. The van der Waals surface area contributed by atoms with Gasteiger partial charge >= 0.3 is 0 Å². The summed E-state index contributed by atoms with van der Waals surface area (Å²) in [6.07, 6.45) is 5.54. The zero-order valence-electron chi connectivity index (χ0n) is 14.6. The van der Waals surface area contributed by atoms with Crippen molar-refractivity contribution in [2.24, 2.45) is 0 Å². The molecule has 5 rings (SSSR count). The van der Waals surface area contributed by atoms with E-state index in [1.54, 1.807) is 18.3 Å². The zero-order valence-corrected chi connectivity index (χ0v) is 14.6. The minimum atomic E-state index is 0.128. The zero-order chi connectivity index (χ0) is 17.0. The molecule has 2 aromatic carbocycles. The van der Waals surface area contributed by atoms with Gasteiger partial charge in [0, 0.05) is 0 Å². The van der Waals surface area contributed by atoms with Crippen molar-refractivity contribution >= 4 is 11.1 Å². The molecule has 0 heterocycles. The lowest BCUT2D eigenvalue weighted by molar-refractivity contribution is 0.281. The molecule has 2 nitrogen and oxygen atoms in total. The Kier molecular flexibility index (Phi) is 3.36. The van der Waals surface area contributed by atoms with E-state index >= 15 is 0 Å². The highest BCUT2D eigenvalue weighted by atomic mass is 16.5. The van der Waals surface area contributed by atoms with Gasteiger partial charge in [-0.25, -0.2) is 0 Å². The van der Waals surface area contributed by atoms with E-state index < -0.39 is 0 Å². The highest BCUT2D eigenvalue weighted by Crippen LogP contribution is 2.52. The maximum absolute atomic E-state index is 9.42. The highest BCUT2D eigenvalue weighted by Gasteiger charge is 2.32. The standard InChI is InChI=1S/C23H22O2/c1-25-17-5-9-19-16(11-17)4-8-21-20-7-3-15-10-14(13-24)2-6-18(15)22(20)12-23(19)21/h2,5-6,9-11,24H,3-4,7-8,12-13H2,1H3. The maximum Gasteiger partial charge on any atom is 0.119 e. The fraction of sp³-hybridized carbons (Fsp3) is 0.304. The van der Waals surface area contributed by atoms with Gasteiger partial charge in [0.05, 0.1) is 13.7 Å². The number of hydrogen-bond donors (Lipinski definition) is 1. The normalized spacial score (nSPS) is 17.8. The largest absolute Gasteiger partial charge is 0.497 e. The molecule has 0 saturated heterocycles. The summed E-state index contributed by atoms with van der Waals surface area (Å²) in [6.45, 7) is 0.128. The van der Waals surface area contributed by atoms with Gasteiger partial charge in [-0.2, -0.15) is 0 Å². The minimum absolute atomic E-state index is 0.128. The van der Waals surface area contributed by atoms with E-state index in [9.17, 15) is 5.11 Å². The van der Waals surface area contributed by atoms with Crippen LogP contribution in [0.15, 0.2) is 47.5 Å². The van der Waals surface area contributed by atoms with Crippen LogP contribution in [-0.4, -0.2) is 12.2 Å². The van der Waals surface area contributed by atoms with E-state index in [1.165, 1.54) is 33.4 Å². The first kappa shape index (κ1) is 15.0. The maximum atomic E-state index is 9.42. The molecule has 0 bridgehead atoms. The number of benzene rings is 2. The molecular weight excluding hydrogens is 308 g/mol. The van der Waals surface area contributed by atoms with Crippen molar-refractivity contribution in [2.45, 2.75) is 38.7 Å². The second-order valence-electron chi connectivity index (χ2n) is 7.26. The Hall–Kier alpha value is -2.32. The van der Waals surface area contributed by atoms with E-state index in [1.807, 2.05) is 0 Å². The molecule has 1 N–H and O–H groups in total. The third kappa shape index (κ3) is 2.21. The van der Waals surface area contributed by atoms with Crippen LogP contribution in [-0.2, 0) is 19.4 Å². The smallest absolute Gasteiger partial charge is 0.119 e. The van der Waals surface area contributed by atoms with Gasteiger partial charge in [0.25, 0.3) is 0 Å². The molecule has 0 radical (unpaired) electrons. The lowest BCUT2D eigenvalue weighted by Gasteiger charge is -2.23. The van der Waals surface area contributed by atoms with Crippen LogP contribution in [0.25, 0.3) is 11.1 Å². The van der Waals surface area contributed by atoms with Gasteiger partial charge in [-0.15, -0.1) is 0 Å². The molecule has 3 aliphatic carbocycles. The summed E-state index contributed by atoms with van der Waals surface area (Å²) < 4.78 is 5.41. The van der Waals surface area contributed by atoms with Crippen molar-refractivity contribution in [1.29, 1.82) is 0 Å². The van der Waals surface area contributed by atoms with Crippen LogP contribution < -0.4 is 4.74 Å². The van der Waals surface area contributed by atoms with Gasteiger partial charge in [-0.3, -0.25) is 0 Å². The predicted octanol–water partition coefficient (Wildman–Crippen LogP) is 4.69. The van der Waals surface area contributed by atoms with Crippen molar-refractivity contribution in [2.75, 3.05) is 7.11 Å². The molecule has 25 heavy (non-hydrogen) atoms. The first-order valence-electron chi connectivity index (χ1n) is 9.13. The Bertz CT molecular complexity index is 869. The number of aliphatic hydroxyl groups is 1. The summed E-state index contributed by atoms with van der Waals surface area (Å²) in [6, 6.07) is 13.0. The Labute approximate surface area is 148 Å². The van der Waals surface area contributed by atoms with Crippen LogP contribution in [0.5, 0.6) is 5.75 Å². The van der Waals surface area contributed by atoms with Crippen LogP contribution in [0.2, 0.25) is 0 Å². The third-order valence-electron chi connectivity index (χ3n) is 6.05. The quantitative estimate of drug-likeness (QED) is 0.865. The molecule has 126 valence electrons. The van der Waals surface area contributed by atoms with Crippen molar-refractivity contribution in [3.63, 3.8) is 0 Å². The van der Waals surface area contributed by atoms with E-state index in [-0.39, 0.29) is 6.61 Å². The molecule has 0 amide bonds. The molecule has 0 spiro atoms. The van der Waals surface area contributed by atoms with E-state index in [2.05, 4.69) is 36.4 Å². The molecule has 0 aromatic heterocycles. The Balaban J connectivity index is 1.57. The number of methoxy groups -OCH3 is 1. The lowest BCUT2D eigenvalue weighted by atomic mass is 9.82. The van der Waals surface area contributed by atoms with Gasteiger partial charge in [-0.1, -0.05) is 24.3 Å². The van der Waals surface area contributed by atoms with Crippen LogP contribution in [0, 0.1) is 0 Å². The second-order valence-corrected chi connectivity index (χ2v) is 7.26. The molecule has 2 aromatic rings. The molecule has 0 saturated carbocycles. The molecule has 0 unspecified atom stereocenters. The van der Waals surface area contributed by atoms with Crippen molar-refractivity contribution in [3.8, 4) is 5.75 Å². The Morgan fingerprint density at radius 2 is 1.44 bits per heavy atom. The van der Waals surface area contributed by atoms with E-state index in [4.69, 9.17) is 4.74 Å². The van der Waals surface area contributed by atoms with Crippen LogP contribution in [0.1, 0.15) is 47.1 Å². The average molecular weight is 330 g/mol. The van der Waals surface area contributed by atoms with Crippen LogP contribution >= 0.6 is 0 Å². The summed E-state index contributed by atoms with van der Waals surface area (Å²) in [7, 11) is 1.74. The van der Waals surface area contributed by atoms with Crippen molar-refractivity contribution in [1.82, 2.24) is 0 Å². The van der Waals surface area contributed by atoms with Gasteiger partial charge in [0.1, 0.15) is 5.75 Å². The van der Waals surface area contributed by atoms with Gasteiger partial charge < -0.3 is 9.84 Å². The second kappa shape index (κ2) is 5.60. The van der Waals surface area contributed by atoms with Crippen LogP contribution in [0.4, 0.5) is 0 Å². The van der Waals surface area contributed by atoms with Crippen molar-refractivity contribution in [3.05, 3.63) is 75.4 Å². The average Bonchev–Trinajstić information content (AvgIpc) is 3.06. The predicted molar refractivity (Wildman–Crippen MR) is 100 cm³/mol. The lowest BCUT2D eigenvalue weighted by Crippen LogP contribution is -2.06. The summed E-state index contributed by atoms with van der Waals surface area (Å²) in [4.78, 5) is 0. The van der Waals surface area contributed by atoms with Crippen LogP contribution in [0.3, 0.4) is 0 Å². The number of ether oxygens (including phenoxy) is 1. The number of hydrogen-bond acceptors (Lipinski definition) is 2. The monoisotopic (exact) mass is 330 g/mol. The summed E-state index contributed by atoms with van der Waals surface area (Å²) in [5.74, 6) is 0.959. The minimum Gasteiger partial charge on any atom is -0.497 e. The first-order chi connectivity index (χ1) is 12.3. The number of allylic oxidation sites excluding steroid dienone is 4. The fourth-order valence-corrected chi connectivity index (χ4v) is 4.84. The Morgan fingerprint density at radius 1 is 0.800 bits per heavy atom. The number of aryl methyl sites for hydroxylation is 2. The highest BCUT2D eigenvalue weighted by molar-refractivity contribution is 5.95. The third-order valence-corrected chi connectivity index (χ3v) is 6.05. The molecular formula is C23H22O2. The van der Waals surface area contributed by atoms with E-state index in [0.717, 1.165) is 43.4 Å². The van der Waals surface area contributed by atoms with Gasteiger partial charge in [0.2, 0.25) is 0 Å². The Morgan fingerprint density at radius 3 is 2.08 bits per heavy atom. The fourth-order valence-electron chi connectivity index (χ4n) is 4.84. The van der Waals surface area contributed by atoms with Gasteiger partial charge in [0.15, 0.2) is 0 Å². The molecule has 0 fully saturated rings. The topological polar surface area (TPSA) is 29.5 Å². The number of aliphatic hydroxyl groups excluding tert-OH is 1.